The molecule has 3 heterocycles. The van der Waals surface area contributed by atoms with Crippen LogP contribution in [-0.4, -0.2) is 79.7 Å². The molecule has 0 bridgehead atoms. The summed E-state index contributed by atoms with van der Waals surface area (Å²) in [4.78, 5) is 32.7. The van der Waals surface area contributed by atoms with Crippen LogP contribution in [0.25, 0.3) is 0 Å². The number of fused-ring (bicyclic) bond motifs is 2. The van der Waals surface area contributed by atoms with Crippen LogP contribution in [0.3, 0.4) is 0 Å². The molecule has 9 nitrogen and oxygen atoms in total. The van der Waals surface area contributed by atoms with Crippen LogP contribution in [-0.2, 0) is 11.3 Å². The van der Waals surface area contributed by atoms with Crippen LogP contribution < -0.4 is 14.8 Å². The van der Waals surface area contributed by atoms with E-state index in [0.717, 1.165) is 48.8 Å². The number of piperazine rings is 1. The number of benzene rings is 3. The number of nitrogens with zero attached hydrogens (tertiary/aromatic N) is 3. The molecule has 3 aromatic rings. The fraction of sp³-hybridized carbons (Fsp3) is 0.355. The van der Waals surface area contributed by atoms with Gasteiger partial charge in [0.15, 0.2) is 11.5 Å². The summed E-state index contributed by atoms with van der Waals surface area (Å²) in [5.41, 5.74) is 4.27. The Hall–Kier alpha value is -4.08. The maximum Gasteiger partial charge on any atom is 0.256 e. The molecule has 0 aliphatic carbocycles. The fourth-order valence-electron chi connectivity index (χ4n) is 5.62. The average molecular weight is 543 g/mol. The summed E-state index contributed by atoms with van der Waals surface area (Å²) in [6.45, 7) is 5.17. The Labute approximate surface area is 234 Å². The van der Waals surface area contributed by atoms with E-state index in [1.807, 2.05) is 70.5 Å². The molecule has 208 valence electrons. The van der Waals surface area contributed by atoms with E-state index in [1.54, 1.807) is 7.11 Å². The number of methoxy groups -OCH3 is 1. The molecule has 1 saturated heterocycles. The van der Waals surface area contributed by atoms with E-state index in [9.17, 15) is 9.59 Å². The summed E-state index contributed by atoms with van der Waals surface area (Å²) in [5.74, 6) is 1.61. The largest absolute Gasteiger partial charge is 0.454 e. The minimum atomic E-state index is -0.300. The van der Waals surface area contributed by atoms with E-state index in [0.29, 0.717) is 37.4 Å². The lowest BCUT2D eigenvalue weighted by Gasteiger charge is -2.35. The zero-order valence-corrected chi connectivity index (χ0v) is 22.7. The van der Waals surface area contributed by atoms with Gasteiger partial charge in [0.25, 0.3) is 11.8 Å². The molecule has 1 fully saturated rings. The van der Waals surface area contributed by atoms with Gasteiger partial charge >= 0.3 is 0 Å². The SMILES string of the molecule is COCCCN1C(=O)c2ccccc2C1Nc1cccc(C(=O)N2CCN(Cc3ccc4c(c3)OCO4)CC2)c1. The second-order valence-corrected chi connectivity index (χ2v) is 10.3. The predicted molar refractivity (Wildman–Crippen MR) is 151 cm³/mol. The lowest BCUT2D eigenvalue weighted by Crippen LogP contribution is -2.48. The van der Waals surface area contributed by atoms with Crippen LogP contribution in [0.1, 0.15) is 44.4 Å². The highest BCUT2D eigenvalue weighted by atomic mass is 16.7. The van der Waals surface area contributed by atoms with Crippen LogP contribution in [0.15, 0.2) is 66.7 Å². The molecule has 40 heavy (non-hydrogen) atoms. The second kappa shape index (κ2) is 11.6. The van der Waals surface area contributed by atoms with Gasteiger partial charge in [-0.15, -0.1) is 0 Å². The van der Waals surface area contributed by atoms with Crippen molar-refractivity contribution >= 4 is 17.5 Å². The van der Waals surface area contributed by atoms with Gasteiger partial charge in [0.1, 0.15) is 6.17 Å². The number of hydrogen-bond acceptors (Lipinski definition) is 7. The summed E-state index contributed by atoms with van der Waals surface area (Å²) < 4.78 is 16.1. The minimum absolute atomic E-state index is 0.00931. The first kappa shape index (κ1) is 26.2. The molecule has 1 atom stereocenters. The normalized spacial score (nSPS) is 18.2. The van der Waals surface area contributed by atoms with Gasteiger partial charge in [-0.1, -0.05) is 30.3 Å². The Balaban J connectivity index is 1.09. The molecule has 3 aromatic carbocycles. The van der Waals surface area contributed by atoms with Gasteiger partial charge in [-0.05, 0) is 48.4 Å². The molecule has 0 spiro atoms. The van der Waals surface area contributed by atoms with Gasteiger partial charge in [-0.3, -0.25) is 14.5 Å². The minimum Gasteiger partial charge on any atom is -0.454 e. The van der Waals surface area contributed by atoms with Gasteiger partial charge < -0.3 is 29.3 Å². The number of ether oxygens (including phenoxy) is 3. The molecule has 0 radical (unpaired) electrons. The number of carbonyl (C=O) groups is 2. The lowest BCUT2D eigenvalue weighted by molar-refractivity contribution is 0.0627. The highest BCUT2D eigenvalue weighted by Gasteiger charge is 2.36. The third-order valence-electron chi connectivity index (χ3n) is 7.72. The molecule has 3 aliphatic rings. The molecule has 1 unspecified atom stereocenters. The van der Waals surface area contributed by atoms with Crippen LogP contribution in [0.5, 0.6) is 11.5 Å². The highest BCUT2D eigenvalue weighted by Crippen LogP contribution is 2.35. The molecular formula is C31H34N4O5. The van der Waals surface area contributed by atoms with Crippen molar-refractivity contribution in [3.05, 3.63) is 89.0 Å². The molecule has 0 aromatic heterocycles. The second-order valence-electron chi connectivity index (χ2n) is 10.3. The summed E-state index contributed by atoms with van der Waals surface area (Å²) in [6.07, 6.45) is 0.443. The first-order valence-electron chi connectivity index (χ1n) is 13.8. The van der Waals surface area contributed by atoms with Gasteiger partial charge in [0.05, 0.1) is 0 Å². The number of amides is 2. The topological polar surface area (TPSA) is 83.6 Å². The first-order valence-corrected chi connectivity index (χ1v) is 13.8. The number of nitrogens with one attached hydrogen (secondary N) is 1. The van der Waals surface area contributed by atoms with Crippen LogP contribution >= 0.6 is 0 Å². The van der Waals surface area contributed by atoms with Gasteiger partial charge in [0, 0.05) is 75.4 Å². The Bertz CT molecular complexity index is 1390. The van der Waals surface area contributed by atoms with Crippen LogP contribution in [0, 0.1) is 0 Å². The quantitative estimate of drug-likeness (QED) is 0.410. The Morgan fingerprint density at radius 3 is 2.65 bits per heavy atom. The van der Waals surface area contributed by atoms with Crippen molar-refractivity contribution in [2.45, 2.75) is 19.1 Å². The lowest BCUT2D eigenvalue weighted by atomic mass is 10.1. The summed E-state index contributed by atoms with van der Waals surface area (Å²) in [5, 5.41) is 3.52. The van der Waals surface area contributed by atoms with Crippen molar-refractivity contribution < 1.29 is 23.8 Å². The van der Waals surface area contributed by atoms with Gasteiger partial charge in [-0.2, -0.15) is 0 Å². The van der Waals surface area contributed by atoms with Crippen molar-refractivity contribution in [3.8, 4) is 11.5 Å². The van der Waals surface area contributed by atoms with Crippen LogP contribution in [0.4, 0.5) is 5.69 Å². The predicted octanol–water partition coefficient (Wildman–Crippen LogP) is 3.98. The summed E-state index contributed by atoms with van der Waals surface area (Å²) in [6, 6.07) is 21.3. The number of rotatable bonds is 9. The number of hydrogen-bond donors (Lipinski definition) is 1. The van der Waals surface area contributed by atoms with Gasteiger partial charge in [0.2, 0.25) is 6.79 Å². The molecule has 1 N–H and O–H groups in total. The molecular weight excluding hydrogens is 508 g/mol. The zero-order chi connectivity index (χ0) is 27.5. The van der Waals surface area contributed by atoms with E-state index in [-0.39, 0.29) is 24.8 Å². The zero-order valence-electron chi connectivity index (χ0n) is 22.7. The van der Waals surface area contributed by atoms with Gasteiger partial charge in [-0.25, -0.2) is 0 Å². The highest BCUT2D eigenvalue weighted by molar-refractivity contribution is 5.99. The Morgan fingerprint density at radius 2 is 1.80 bits per heavy atom. The molecule has 3 aliphatic heterocycles. The summed E-state index contributed by atoms with van der Waals surface area (Å²) in [7, 11) is 1.66. The Morgan fingerprint density at radius 1 is 0.975 bits per heavy atom. The van der Waals surface area contributed by atoms with E-state index in [2.05, 4.69) is 16.3 Å². The van der Waals surface area contributed by atoms with Crippen molar-refractivity contribution in [1.29, 1.82) is 0 Å². The standard InChI is InChI=1S/C31H34N4O5/c1-38-17-5-12-35-29(25-8-2-3-9-26(25)31(35)37)32-24-7-4-6-23(19-24)30(36)34-15-13-33(14-16-34)20-22-10-11-27-28(18-22)40-21-39-27/h2-4,6-11,18-19,29,32H,5,12-17,20-21H2,1H3. The van der Waals surface area contributed by atoms with E-state index >= 15 is 0 Å². The maximum atomic E-state index is 13.4. The van der Waals surface area contributed by atoms with Crippen molar-refractivity contribution in [3.63, 3.8) is 0 Å². The molecule has 6 rings (SSSR count). The molecule has 0 saturated carbocycles. The van der Waals surface area contributed by atoms with E-state index in [1.165, 1.54) is 5.56 Å². The van der Waals surface area contributed by atoms with Crippen LogP contribution in [0.2, 0.25) is 0 Å². The first-order chi connectivity index (χ1) is 19.6. The number of anilines is 1. The summed E-state index contributed by atoms with van der Waals surface area (Å²) >= 11 is 0. The molecule has 9 heteroatoms. The van der Waals surface area contributed by atoms with Crippen molar-refractivity contribution in [2.24, 2.45) is 0 Å². The monoisotopic (exact) mass is 542 g/mol. The maximum absolute atomic E-state index is 13.4. The Kier molecular flexibility index (Phi) is 7.57. The van der Waals surface area contributed by atoms with Crippen molar-refractivity contribution in [1.82, 2.24) is 14.7 Å². The number of carbonyl (C=O) groups excluding carboxylic acids is 2. The van der Waals surface area contributed by atoms with Crippen molar-refractivity contribution in [2.75, 3.05) is 58.6 Å². The average Bonchev–Trinajstić information content (AvgIpc) is 3.56. The van der Waals surface area contributed by atoms with E-state index in [4.69, 9.17) is 14.2 Å². The fourth-order valence-corrected chi connectivity index (χ4v) is 5.62. The molecule has 2 amide bonds. The third-order valence-corrected chi connectivity index (χ3v) is 7.72. The smallest absolute Gasteiger partial charge is 0.256 e. The third kappa shape index (κ3) is 5.35. The van der Waals surface area contributed by atoms with E-state index < -0.39 is 0 Å².